The molecular weight excluding hydrogens is 387 g/mol. The van der Waals surface area contributed by atoms with Crippen LogP contribution in [-0.2, 0) is 6.42 Å². The zero-order valence-electron chi connectivity index (χ0n) is 14.9. The predicted octanol–water partition coefficient (Wildman–Crippen LogP) is 3.81. The van der Waals surface area contributed by atoms with Gasteiger partial charge in [0.25, 0.3) is 11.8 Å². The Hall–Kier alpha value is -3.62. The van der Waals surface area contributed by atoms with Gasteiger partial charge in [0.2, 0.25) is 0 Å². The topological polar surface area (TPSA) is 75.3 Å². The van der Waals surface area contributed by atoms with Gasteiger partial charge in [-0.15, -0.1) is 13.2 Å². The summed E-state index contributed by atoms with van der Waals surface area (Å²) >= 11 is 0. The highest BCUT2D eigenvalue weighted by atomic mass is 19.4. The molecule has 2 heterocycles. The first kappa shape index (κ1) is 18.7. The van der Waals surface area contributed by atoms with E-state index in [9.17, 15) is 22.8 Å². The highest BCUT2D eigenvalue weighted by Gasteiger charge is 2.34. The second kappa shape index (κ2) is 7.08. The largest absolute Gasteiger partial charge is 0.573 e. The molecule has 0 atom stereocenters. The van der Waals surface area contributed by atoms with Crippen LogP contribution in [0, 0.1) is 0 Å². The van der Waals surface area contributed by atoms with Gasteiger partial charge in [0.1, 0.15) is 11.6 Å². The van der Waals surface area contributed by atoms with Gasteiger partial charge in [0.15, 0.2) is 0 Å². The number of amides is 2. The van der Waals surface area contributed by atoms with Crippen LogP contribution in [0.2, 0.25) is 0 Å². The summed E-state index contributed by atoms with van der Waals surface area (Å²) in [5.41, 5.74) is 1.81. The van der Waals surface area contributed by atoms with Gasteiger partial charge >= 0.3 is 6.36 Å². The third-order valence-electron chi connectivity index (χ3n) is 4.45. The molecule has 9 heteroatoms. The van der Waals surface area contributed by atoms with Crippen LogP contribution in [0.4, 0.5) is 13.2 Å². The Labute approximate surface area is 162 Å². The molecule has 2 amide bonds. The van der Waals surface area contributed by atoms with E-state index in [1.54, 1.807) is 30.3 Å². The second-order valence-electron chi connectivity index (χ2n) is 6.39. The molecule has 29 heavy (non-hydrogen) atoms. The Morgan fingerprint density at radius 1 is 1.00 bits per heavy atom. The Morgan fingerprint density at radius 2 is 1.69 bits per heavy atom. The number of carbonyl (C=O) groups is 2. The van der Waals surface area contributed by atoms with Crippen molar-refractivity contribution in [1.82, 2.24) is 14.9 Å². The summed E-state index contributed by atoms with van der Waals surface area (Å²) in [6.07, 6.45) is -2.93. The number of halogens is 3. The summed E-state index contributed by atoms with van der Waals surface area (Å²) in [5, 5.41) is 0. The number of benzene rings is 2. The number of fused-ring (bicyclic) bond motifs is 1. The number of aromatic nitrogens is 2. The van der Waals surface area contributed by atoms with Crippen molar-refractivity contribution < 1.29 is 27.5 Å². The number of carbonyl (C=O) groups excluding carboxylic acids is 2. The van der Waals surface area contributed by atoms with E-state index in [1.165, 1.54) is 29.3 Å². The number of aromatic amines is 1. The van der Waals surface area contributed by atoms with Crippen molar-refractivity contribution >= 4 is 11.8 Å². The van der Waals surface area contributed by atoms with Crippen LogP contribution in [0.15, 0.2) is 54.7 Å². The van der Waals surface area contributed by atoms with E-state index in [1.807, 2.05) is 0 Å². The van der Waals surface area contributed by atoms with Gasteiger partial charge in [-0.05, 0) is 24.3 Å². The van der Waals surface area contributed by atoms with E-state index in [4.69, 9.17) is 0 Å². The van der Waals surface area contributed by atoms with E-state index in [-0.39, 0.29) is 24.1 Å². The lowest BCUT2D eigenvalue weighted by atomic mass is 10.1. The van der Waals surface area contributed by atoms with Gasteiger partial charge in [-0.1, -0.05) is 24.3 Å². The van der Waals surface area contributed by atoms with Crippen LogP contribution >= 0.6 is 0 Å². The van der Waals surface area contributed by atoms with Crippen molar-refractivity contribution in [3.8, 4) is 17.1 Å². The highest BCUT2D eigenvalue weighted by Crippen LogP contribution is 2.27. The van der Waals surface area contributed by atoms with Gasteiger partial charge in [-0.25, -0.2) is 4.98 Å². The Bertz CT molecular complexity index is 1060. The number of ether oxygens (including phenoxy) is 1. The minimum Gasteiger partial charge on any atom is -0.406 e. The van der Waals surface area contributed by atoms with Gasteiger partial charge in [-0.3, -0.25) is 14.5 Å². The maximum absolute atomic E-state index is 12.4. The lowest BCUT2D eigenvalue weighted by Crippen LogP contribution is -2.31. The van der Waals surface area contributed by atoms with E-state index in [0.29, 0.717) is 34.6 Å². The van der Waals surface area contributed by atoms with Crippen LogP contribution < -0.4 is 4.74 Å². The lowest BCUT2D eigenvalue weighted by molar-refractivity contribution is -0.274. The second-order valence-corrected chi connectivity index (χ2v) is 6.39. The molecule has 148 valence electrons. The SMILES string of the molecule is O=C1c2ccccc2C(=O)N1CCc1cnc(-c2cccc(OC(F)(F)F)c2)[nH]1. The molecule has 1 N–H and O–H groups in total. The van der Waals surface area contributed by atoms with Gasteiger partial charge in [0.05, 0.1) is 11.1 Å². The number of nitrogens with zero attached hydrogens (tertiary/aromatic N) is 2. The van der Waals surface area contributed by atoms with Gasteiger partial charge in [-0.2, -0.15) is 0 Å². The molecule has 0 radical (unpaired) electrons. The number of nitrogens with one attached hydrogen (secondary N) is 1. The van der Waals surface area contributed by atoms with Crippen LogP contribution in [0.25, 0.3) is 11.4 Å². The molecule has 1 aliphatic heterocycles. The van der Waals surface area contributed by atoms with Crippen LogP contribution in [0.1, 0.15) is 26.4 Å². The first-order valence-electron chi connectivity index (χ1n) is 8.67. The third kappa shape index (κ3) is 3.84. The molecule has 1 aromatic heterocycles. The summed E-state index contributed by atoms with van der Waals surface area (Å²) in [6.45, 7) is 0.158. The van der Waals surface area contributed by atoms with E-state index in [2.05, 4.69) is 14.7 Å². The molecule has 2 aromatic carbocycles. The zero-order valence-corrected chi connectivity index (χ0v) is 14.9. The molecule has 0 saturated carbocycles. The number of rotatable bonds is 5. The molecule has 0 aliphatic carbocycles. The molecule has 0 fully saturated rings. The summed E-state index contributed by atoms with van der Waals surface area (Å²) < 4.78 is 41.1. The number of imidazole rings is 1. The van der Waals surface area contributed by atoms with E-state index < -0.39 is 6.36 Å². The molecule has 0 saturated heterocycles. The van der Waals surface area contributed by atoms with Crippen molar-refractivity contribution in [2.45, 2.75) is 12.8 Å². The fourth-order valence-corrected chi connectivity index (χ4v) is 3.15. The molecule has 6 nitrogen and oxygen atoms in total. The summed E-state index contributed by atoms with van der Waals surface area (Å²) in [6, 6.07) is 12.1. The fourth-order valence-electron chi connectivity index (χ4n) is 3.15. The smallest absolute Gasteiger partial charge is 0.406 e. The molecular formula is C20H14F3N3O3. The molecule has 0 bridgehead atoms. The van der Waals surface area contributed by atoms with Crippen molar-refractivity contribution in [2.75, 3.05) is 6.54 Å². The zero-order chi connectivity index (χ0) is 20.6. The fraction of sp³-hybridized carbons (Fsp3) is 0.150. The molecule has 0 spiro atoms. The number of alkyl halides is 3. The maximum atomic E-state index is 12.4. The van der Waals surface area contributed by atoms with Crippen molar-refractivity contribution in [3.63, 3.8) is 0 Å². The van der Waals surface area contributed by atoms with Crippen molar-refractivity contribution in [3.05, 3.63) is 71.5 Å². The Kier molecular flexibility index (Phi) is 4.57. The van der Waals surface area contributed by atoms with Crippen LogP contribution in [-0.4, -0.2) is 39.6 Å². The van der Waals surface area contributed by atoms with Crippen molar-refractivity contribution in [1.29, 1.82) is 0 Å². The summed E-state index contributed by atoms with van der Waals surface area (Å²) in [7, 11) is 0. The molecule has 1 aliphatic rings. The monoisotopic (exact) mass is 401 g/mol. The maximum Gasteiger partial charge on any atom is 0.573 e. The van der Waals surface area contributed by atoms with Gasteiger partial charge < -0.3 is 9.72 Å². The normalized spacial score (nSPS) is 13.7. The summed E-state index contributed by atoms with van der Waals surface area (Å²) in [5.74, 6) is -0.682. The predicted molar refractivity (Wildman–Crippen MR) is 96.2 cm³/mol. The first-order valence-corrected chi connectivity index (χ1v) is 8.67. The average molecular weight is 401 g/mol. The quantitative estimate of drug-likeness (QED) is 0.660. The number of hydrogen-bond acceptors (Lipinski definition) is 4. The van der Waals surface area contributed by atoms with E-state index >= 15 is 0 Å². The molecule has 0 unspecified atom stereocenters. The van der Waals surface area contributed by atoms with Crippen molar-refractivity contribution in [2.24, 2.45) is 0 Å². The number of hydrogen-bond donors (Lipinski definition) is 1. The molecule has 4 rings (SSSR count). The first-order chi connectivity index (χ1) is 13.8. The minimum absolute atomic E-state index is 0.158. The van der Waals surface area contributed by atoms with Gasteiger partial charge in [0, 0.05) is 30.4 Å². The van der Waals surface area contributed by atoms with Crippen LogP contribution in [0.3, 0.4) is 0 Å². The standard InChI is InChI=1S/C20H14F3N3O3/c21-20(22,23)29-14-5-3-4-12(10-14)17-24-11-13(25-17)8-9-26-18(27)15-6-1-2-7-16(15)19(26)28/h1-7,10-11H,8-9H2,(H,24,25). The minimum atomic E-state index is -4.78. The lowest BCUT2D eigenvalue weighted by Gasteiger charge is -2.12. The third-order valence-corrected chi connectivity index (χ3v) is 4.45. The highest BCUT2D eigenvalue weighted by molar-refractivity contribution is 6.21. The number of H-pyrrole nitrogens is 1. The summed E-state index contributed by atoms with van der Waals surface area (Å²) in [4.78, 5) is 33.1. The Morgan fingerprint density at radius 3 is 2.34 bits per heavy atom. The number of imide groups is 1. The molecule has 3 aromatic rings. The average Bonchev–Trinajstić information content (AvgIpc) is 3.24. The van der Waals surface area contributed by atoms with Crippen LogP contribution in [0.5, 0.6) is 5.75 Å². The van der Waals surface area contributed by atoms with E-state index in [0.717, 1.165) is 0 Å². The Balaban J connectivity index is 1.45.